The van der Waals surface area contributed by atoms with Gasteiger partial charge in [-0.15, -0.1) is 11.3 Å². The van der Waals surface area contributed by atoms with E-state index in [0.29, 0.717) is 5.69 Å². The number of nitrogens with two attached hydrogens (primary N) is 1. The molecule has 18 heavy (non-hydrogen) atoms. The predicted molar refractivity (Wildman–Crippen MR) is 70.8 cm³/mol. The molecule has 1 aromatic rings. The third kappa shape index (κ3) is 3.41. The Hall–Kier alpha value is -1.18. The van der Waals surface area contributed by atoms with Gasteiger partial charge in [0.25, 0.3) is 0 Å². The minimum absolute atomic E-state index is 0.413. The summed E-state index contributed by atoms with van der Waals surface area (Å²) < 4.78 is 0. The fraction of sp³-hybridized carbons (Fsp3) is 0.636. The molecule has 1 fully saturated rings. The maximum atomic E-state index is 10.7. The normalized spacial score (nSPS) is 17.8. The number of nitrogens with zero attached hydrogens (tertiary/aromatic N) is 2. The first-order chi connectivity index (χ1) is 8.66. The number of hydrogen-bond acceptors (Lipinski definition) is 6. The van der Waals surface area contributed by atoms with Crippen molar-refractivity contribution in [1.29, 1.82) is 0 Å². The van der Waals surface area contributed by atoms with Crippen molar-refractivity contribution in [3.63, 3.8) is 0 Å². The van der Waals surface area contributed by atoms with Crippen molar-refractivity contribution in [2.24, 2.45) is 5.73 Å². The van der Waals surface area contributed by atoms with Crippen molar-refractivity contribution >= 4 is 22.4 Å². The van der Waals surface area contributed by atoms with Crippen LogP contribution in [0.1, 0.15) is 24.6 Å². The monoisotopic (exact) mass is 270 g/mol. The van der Waals surface area contributed by atoms with Gasteiger partial charge in [0.1, 0.15) is 6.04 Å². The van der Waals surface area contributed by atoms with Gasteiger partial charge in [0, 0.05) is 18.5 Å². The van der Waals surface area contributed by atoms with Crippen molar-refractivity contribution in [3.05, 3.63) is 11.1 Å². The van der Waals surface area contributed by atoms with E-state index in [-0.39, 0.29) is 0 Å². The average Bonchev–Trinajstić information content (AvgIpc) is 2.99. The Labute approximate surface area is 110 Å². The predicted octanol–water partition coefficient (Wildman–Crippen LogP) is 0.735. The molecule has 0 aliphatic carbocycles. The van der Waals surface area contributed by atoms with Gasteiger partial charge in [-0.3, -0.25) is 4.79 Å². The Balaban J connectivity index is 1.77. The molecular formula is C11H18N4O2S. The van der Waals surface area contributed by atoms with E-state index in [2.05, 4.69) is 15.2 Å². The van der Waals surface area contributed by atoms with E-state index in [1.165, 1.54) is 37.3 Å². The first kappa shape index (κ1) is 13.3. The largest absolute Gasteiger partial charge is 0.480 e. The Morgan fingerprint density at radius 1 is 1.61 bits per heavy atom. The van der Waals surface area contributed by atoms with Gasteiger partial charge in [-0.25, -0.2) is 4.98 Å². The second kappa shape index (κ2) is 6.12. The number of hydrogen-bond donors (Lipinski definition) is 3. The van der Waals surface area contributed by atoms with Gasteiger partial charge >= 0.3 is 5.97 Å². The fourth-order valence-electron chi connectivity index (χ4n) is 1.96. The van der Waals surface area contributed by atoms with Crippen LogP contribution in [0.5, 0.6) is 0 Å². The number of carbonyl (C=O) groups is 1. The summed E-state index contributed by atoms with van der Waals surface area (Å²) in [6.07, 6.45) is 2.57. The number of rotatable bonds is 6. The number of likely N-dealkylation sites (tertiary alicyclic amines) is 1. The molecule has 1 saturated heterocycles. The third-order valence-electron chi connectivity index (χ3n) is 3.01. The van der Waals surface area contributed by atoms with E-state index in [0.717, 1.165) is 18.2 Å². The quantitative estimate of drug-likeness (QED) is 0.706. The number of anilines is 1. The Morgan fingerprint density at radius 2 is 2.33 bits per heavy atom. The molecule has 6 nitrogen and oxygen atoms in total. The lowest BCUT2D eigenvalue weighted by atomic mass is 10.2. The minimum Gasteiger partial charge on any atom is -0.480 e. The summed E-state index contributed by atoms with van der Waals surface area (Å²) in [5, 5.41) is 14.4. The zero-order valence-electron chi connectivity index (χ0n) is 10.1. The van der Waals surface area contributed by atoms with Crippen LogP contribution in [-0.4, -0.2) is 47.1 Å². The van der Waals surface area contributed by atoms with E-state index in [9.17, 15) is 4.79 Å². The first-order valence-electron chi connectivity index (χ1n) is 6.07. The molecule has 0 spiro atoms. The third-order valence-corrected chi connectivity index (χ3v) is 3.83. The Bertz CT molecular complexity index is 404. The molecule has 0 radical (unpaired) electrons. The summed E-state index contributed by atoms with van der Waals surface area (Å²) in [6, 6.07) is -1.03. The van der Waals surface area contributed by atoms with Crippen molar-refractivity contribution in [3.8, 4) is 0 Å². The lowest BCUT2D eigenvalue weighted by Gasteiger charge is -2.14. The number of thiazole rings is 1. The van der Waals surface area contributed by atoms with Crippen LogP contribution in [-0.2, 0) is 4.79 Å². The lowest BCUT2D eigenvalue weighted by Crippen LogP contribution is -2.26. The summed E-state index contributed by atoms with van der Waals surface area (Å²) in [6.45, 7) is 4.18. The molecule has 1 atom stereocenters. The number of aliphatic carboxylic acids is 1. The molecule has 0 saturated carbocycles. The van der Waals surface area contributed by atoms with Crippen LogP contribution in [0, 0.1) is 0 Å². The molecule has 1 aromatic heterocycles. The molecular weight excluding hydrogens is 252 g/mol. The second-order valence-electron chi connectivity index (χ2n) is 4.37. The second-order valence-corrected chi connectivity index (χ2v) is 5.23. The number of aromatic nitrogens is 1. The highest BCUT2D eigenvalue weighted by atomic mass is 32.1. The van der Waals surface area contributed by atoms with E-state index in [1.807, 2.05) is 0 Å². The van der Waals surface area contributed by atoms with Gasteiger partial charge in [0.15, 0.2) is 5.13 Å². The molecule has 1 unspecified atom stereocenters. The van der Waals surface area contributed by atoms with Crippen LogP contribution < -0.4 is 11.1 Å². The van der Waals surface area contributed by atoms with Crippen LogP contribution >= 0.6 is 11.3 Å². The van der Waals surface area contributed by atoms with E-state index in [1.54, 1.807) is 5.38 Å². The molecule has 2 rings (SSSR count). The Kier molecular flexibility index (Phi) is 4.51. The average molecular weight is 270 g/mol. The van der Waals surface area contributed by atoms with Crippen LogP contribution in [0.3, 0.4) is 0 Å². The maximum absolute atomic E-state index is 10.7. The van der Waals surface area contributed by atoms with Crippen molar-refractivity contribution in [2.75, 3.05) is 31.5 Å². The topological polar surface area (TPSA) is 91.5 Å². The highest BCUT2D eigenvalue weighted by molar-refractivity contribution is 7.13. The van der Waals surface area contributed by atoms with Crippen LogP contribution in [0.15, 0.2) is 5.38 Å². The van der Waals surface area contributed by atoms with Gasteiger partial charge in [-0.2, -0.15) is 0 Å². The van der Waals surface area contributed by atoms with Gasteiger partial charge < -0.3 is 21.1 Å². The molecule has 0 aromatic carbocycles. The molecule has 0 bridgehead atoms. The molecule has 100 valence electrons. The van der Waals surface area contributed by atoms with Gasteiger partial charge in [0.2, 0.25) is 0 Å². The number of carboxylic acid groups (broad SMARTS) is 1. The Morgan fingerprint density at radius 3 is 3.00 bits per heavy atom. The standard InChI is InChI=1S/C11H18N4O2S/c12-9(10(16)17)8-7-18-11(14-8)13-3-6-15-4-1-2-5-15/h7,9H,1-6,12H2,(H,13,14)(H,16,17). The van der Waals surface area contributed by atoms with Crippen molar-refractivity contribution in [2.45, 2.75) is 18.9 Å². The number of carboxylic acids is 1. The SMILES string of the molecule is NC(C(=O)O)c1csc(NCCN2CCCC2)n1. The first-order valence-corrected chi connectivity index (χ1v) is 6.95. The zero-order chi connectivity index (χ0) is 13.0. The van der Waals surface area contributed by atoms with Crippen molar-refractivity contribution < 1.29 is 9.90 Å². The summed E-state index contributed by atoms with van der Waals surface area (Å²) in [7, 11) is 0. The summed E-state index contributed by atoms with van der Waals surface area (Å²) in [5.41, 5.74) is 5.90. The van der Waals surface area contributed by atoms with Crippen molar-refractivity contribution in [1.82, 2.24) is 9.88 Å². The highest BCUT2D eigenvalue weighted by Crippen LogP contribution is 2.19. The molecule has 2 heterocycles. The number of nitrogens with one attached hydrogen (secondary N) is 1. The lowest BCUT2D eigenvalue weighted by molar-refractivity contribution is -0.138. The van der Waals surface area contributed by atoms with E-state index in [4.69, 9.17) is 10.8 Å². The van der Waals surface area contributed by atoms with Gasteiger partial charge in [0.05, 0.1) is 5.69 Å². The smallest absolute Gasteiger partial charge is 0.326 e. The summed E-state index contributed by atoms with van der Waals surface area (Å²) >= 11 is 1.39. The molecule has 1 aliphatic heterocycles. The van der Waals surface area contributed by atoms with E-state index >= 15 is 0 Å². The van der Waals surface area contributed by atoms with Gasteiger partial charge in [-0.05, 0) is 25.9 Å². The minimum atomic E-state index is -1.05. The maximum Gasteiger partial charge on any atom is 0.326 e. The van der Waals surface area contributed by atoms with E-state index < -0.39 is 12.0 Å². The fourth-order valence-corrected chi connectivity index (χ4v) is 2.74. The zero-order valence-corrected chi connectivity index (χ0v) is 10.9. The molecule has 7 heteroatoms. The van der Waals surface area contributed by atoms with Crippen LogP contribution in [0.2, 0.25) is 0 Å². The summed E-state index contributed by atoms with van der Waals surface area (Å²) in [5.74, 6) is -1.05. The van der Waals surface area contributed by atoms with Crippen LogP contribution in [0.4, 0.5) is 5.13 Å². The van der Waals surface area contributed by atoms with Gasteiger partial charge in [-0.1, -0.05) is 0 Å². The van der Waals surface area contributed by atoms with Crippen LogP contribution in [0.25, 0.3) is 0 Å². The molecule has 0 amide bonds. The summed E-state index contributed by atoms with van der Waals surface area (Å²) in [4.78, 5) is 17.3. The molecule has 1 aliphatic rings. The molecule has 4 N–H and O–H groups in total. The highest BCUT2D eigenvalue weighted by Gasteiger charge is 2.17.